The predicted molar refractivity (Wildman–Crippen MR) is 99.1 cm³/mol. The van der Waals surface area contributed by atoms with Gasteiger partial charge in [0.15, 0.2) is 0 Å². The van der Waals surface area contributed by atoms with Gasteiger partial charge in [0.25, 0.3) is 0 Å². The van der Waals surface area contributed by atoms with Crippen LogP contribution in [0.4, 0.5) is 4.39 Å². The summed E-state index contributed by atoms with van der Waals surface area (Å²) in [5, 5.41) is 0. The number of amides is 1. The standard InChI is InChI=1S/C22H28FNO/c23-13-12-17-16-8-3-4-9-18(16)21-19(17)10-7-11-20(21)22(25)24-14-5-1-2-6-15-24/h3-4,8-9,17,20H,1-2,5-7,10-15H2/i23-1. The number of benzene rings is 1. The second-order valence-corrected chi connectivity index (χ2v) is 7.74. The van der Waals surface area contributed by atoms with Crippen LogP contribution in [0.25, 0.3) is 5.57 Å². The highest BCUT2D eigenvalue weighted by molar-refractivity contribution is 5.96. The maximum atomic E-state index is 13.3. The number of fused-ring (bicyclic) bond motifs is 2. The molecule has 1 fully saturated rings. The molecule has 2 unspecified atom stereocenters. The van der Waals surface area contributed by atoms with E-state index in [9.17, 15) is 9.18 Å². The van der Waals surface area contributed by atoms with Gasteiger partial charge in [-0.15, -0.1) is 0 Å². The summed E-state index contributed by atoms with van der Waals surface area (Å²) in [6.07, 6.45) is 8.33. The molecule has 1 amide bonds. The van der Waals surface area contributed by atoms with Gasteiger partial charge >= 0.3 is 0 Å². The minimum atomic E-state index is -0.291. The Morgan fingerprint density at radius 2 is 1.84 bits per heavy atom. The van der Waals surface area contributed by atoms with Gasteiger partial charge in [0.05, 0.1) is 12.6 Å². The Morgan fingerprint density at radius 3 is 2.60 bits per heavy atom. The van der Waals surface area contributed by atoms with E-state index in [2.05, 4.69) is 23.1 Å². The van der Waals surface area contributed by atoms with Gasteiger partial charge in [-0.2, -0.15) is 0 Å². The summed E-state index contributed by atoms with van der Waals surface area (Å²) in [4.78, 5) is 15.5. The smallest absolute Gasteiger partial charge is 0.230 e. The second kappa shape index (κ2) is 7.31. The zero-order valence-electron chi connectivity index (χ0n) is 15.0. The molecule has 1 saturated heterocycles. The lowest BCUT2D eigenvalue weighted by Crippen LogP contribution is -2.38. The quantitative estimate of drug-likeness (QED) is 0.749. The Labute approximate surface area is 150 Å². The molecule has 1 aromatic rings. The lowest BCUT2D eigenvalue weighted by molar-refractivity contribution is -0.133. The molecular formula is C22H28FNO. The minimum Gasteiger partial charge on any atom is -0.342 e. The highest BCUT2D eigenvalue weighted by Gasteiger charge is 2.40. The molecule has 3 heteroatoms. The van der Waals surface area contributed by atoms with Crippen molar-refractivity contribution in [2.75, 3.05) is 19.8 Å². The van der Waals surface area contributed by atoms with Crippen molar-refractivity contribution < 1.29 is 9.18 Å². The van der Waals surface area contributed by atoms with Gasteiger partial charge in [-0.05, 0) is 55.2 Å². The highest BCUT2D eigenvalue weighted by Crippen LogP contribution is 2.52. The van der Waals surface area contributed by atoms with Gasteiger partial charge in [-0.25, -0.2) is 0 Å². The normalized spacial score (nSPS) is 26.2. The first-order chi connectivity index (χ1) is 12.3. The van der Waals surface area contributed by atoms with Crippen molar-refractivity contribution in [2.24, 2.45) is 5.92 Å². The topological polar surface area (TPSA) is 20.3 Å². The molecule has 4 rings (SSSR count). The summed E-state index contributed by atoms with van der Waals surface area (Å²) in [6.45, 7) is 1.53. The SMILES string of the molecule is O=C(C1CCCC2=C1c1ccccc1C2CC[18F])N1CCCCCC1. The molecule has 0 aromatic heterocycles. The summed E-state index contributed by atoms with van der Waals surface area (Å²) < 4.78 is 13.2. The molecule has 25 heavy (non-hydrogen) atoms. The van der Waals surface area contributed by atoms with E-state index in [1.54, 1.807) is 0 Å². The number of allylic oxidation sites excluding steroid dienone is 1. The number of nitrogens with zero attached hydrogens (tertiary/aromatic N) is 1. The first-order valence-corrected chi connectivity index (χ1v) is 9.98. The maximum Gasteiger partial charge on any atom is 0.230 e. The first kappa shape index (κ1) is 16.8. The van der Waals surface area contributed by atoms with E-state index in [0.29, 0.717) is 12.3 Å². The summed E-state index contributed by atoms with van der Waals surface area (Å²) in [5.41, 5.74) is 5.09. The van der Waals surface area contributed by atoms with Crippen molar-refractivity contribution in [3.63, 3.8) is 0 Å². The number of rotatable bonds is 3. The van der Waals surface area contributed by atoms with Gasteiger partial charge < -0.3 is 4.90 Å². The van der Waals surface area contributed by atoms with Crippen molar-refractivity contribution >= 4 is 11.5 Å². The van der Waals surface area contributed by atoms with Crippen LogP contribution >= 0.6 is 0 Å². The van der Waals surface area contributed by atoms with Crippen molar-refractivity contribution in [1.82, 2.24) is 4.90 Å². The van der Waals surface area contributed by atoms with Crippen LogP contribution in [0.5, 0.6) is 0 Å². The number of likely N-dealkylation sites (tertiary alicyclic amines) is 1. The molecular weight excluding hydrogens is 312 g/mol. The molecule has 134 valence electrons. The minimum absolute atomic E-state index is 0.00684. The van der Waals surface area contributed by atoms with Crippen molar-refractivity contribution in [3.8, 4) is 0 Å². The van der Waals surface area contributed by atoms with Crippen LogP contribution in [0.2, 0.25) is 0 Å². The molecule has 2 atom stereocenters. The number of carbonyl (C=O) groups excluding carboxylic acids is 1. The average molecular weight is 340 g/mol. The summed E-state index contributed by atoms with van der Waals surface area (Å²) in [5.74, 6) is 0.508. The van der Waals surface area contributed by atoms with Crippen LogP contribution in [0.1, 0.15) is 68.4 Å². The van der Waals surface area contributed by atoms with E-state index in [4.69, 9.17) is 0 Å². The lowest BCUT2D eigenvalue weighted by atomic mass is 9.79. The Kier molecular flexibility index (Phi) is 4.91. The van der Waals surface area contributed by atoms with E-state index in [-0.39, 0.29) is 18.5 Å². The molecule has 0 radical (unpaired) electrons. The van der Waals surface area contributed by atoms with Gasteiger partial charge in [0.2, 0.25) is 5.91 Å². The van der Waals surface area contributed by atoms with Crippen molar-refractivity contribution in [3.05, 3.63) is 41.0 Å². The molecule has 1 aliphatic heterocycles. The lowest BCUT2D eigenvalue weighted by Gasteiger charge is -2.31. The van der Waals surface area contributed by atoms with Crippen molar-refractivity contribution in [2.45, 2.75) is 57.3 Å². The van der Waals surface area contributed by atoms with Crippen LogP contribution in [0.15, 0.2) is 29.8 Å². The Balaban J connectivity index is 1.69. The van der Waals surface area contributed by atoms with E-state index in [1.165, 1.54) is 35.1 Å². The maximum absolute atomic E-state index is 13.3. The van der Waals surface area contributed by atoms with Crippen LogP contribution in [-0.2, 0) is 4.79 Å². The monoisotopic (exact) mass is 340 g/mol. The molecule has 1 heterocycles. The fraction of sp³-hybridized carbons (Fsp3) is 0.591. The zero-order valence-corrected chi connectivity index (χ0v) is 15.0. The van der Waals surface area contributed by atoms with Crippen molar-refractivity contribution in [1.29, 1.82) is 0 Å². The van der Waals surface area contributed by atoms with E-state index >= 15 is 0 Å². The molecule has 0 saturated carbocycles. The average Bonchev–Trinajstić information content (AvgIpc) is 2.81. The molecule has 0 spiro atoms. The number of hydrogen-bond acceptors (Lipinski definition) is 1. The fourth-order valence-corrected chi connectivity index (χ4v) is 5.15. The van der Waals surface area contributed by atoms with Gasteiger partial charge in [-0.1, -0.05) is 42.7 Å². The molecule has 1 aromatic carbocycles. The highest BCUT2D eigenvalue weighted by atomic mass is 18.2. The molecule has 2 nitrogen and oxygen atoms in total. The summed E-state index contributed by atoms with van der Waals surface area (Å²) in [7, 11) is 0. The van der Waals surface area contributed by atoms with Gasteiger partial charge in [0, 0.05) is 19.0 Å². The largest absolute Gasteiger partial charge is 0.342 e. The third kappa shape index (κ3) is 3.02. The van der Waals surface area contributed by atoms with E-state index < -0.39 is 0 Å². The van der Waals surface area contributed by atoms with Crippen LogP contribution in [-0.4, -0.2) is 30.6 Å². The van der Waals surface area contributed by atoms with Crippen LogP contribution in [0, 0.1) is 5.92 Å². The number of halogens is 1. The Morgan fingerprint density at radius 1 is 1.08 bits per heavy atom. The molecule has 0 N–H and O–H groups in total. The molecule has 3 aliphatic rings. The van der Waals surface area contributed by atoms with E-state index in [1.807, 2.05) is 6.07 Å². The third-order valence-corrected chi connectivity index (χ3v) is 6.29. The first-order valence-electron chi connectivity index (χ1n) is 9.98. The van der Waals surface area contributed by atoms with Crippen LogP contribution < -0.4 is 0 Å². The number of alkyl halides is 1. The predicted octanol–water partition coefficient (Wildman–Crippen LogP) is 5.10. The zero-order chi connectivity index (χ0) is 17.2. The van der Waals surface area contributed by atoms with Gasteiger partial charge in [-0.3, -0.25) is 9.18 Å². The van der Waals surface area contributed by atoms with Crippen LogP contribution in [0.3, 0.4) is 0 Å². The molecule has 0 bridgehead atoms. The Hall–Kier alpha value is -1.64. The number of carbonyl (C=O) groups is 1. The van der Waals surface area contributed by atoms with Gasteiger partial charge in [0.1, 0.15) is 0 Å². The molecule has 2 aliphatic carbocycles. The summed E-state index contributed by atoms with van der Waals surface area (Å²) >= 11 is 0. The summed E-state index contributed by atoms with van der Waals surface area (Å²) in [6, 6.07) is 8.40. The fourth-order valence-electron chi connectivity index (χ4n) is 5.15. The van der Waals surface area contributed by atoms with E-state index in [0.717, 1.165) is 45.2 Å². The number of hydrogen-bond donors (Lipinski definition) is 0. The second-order valence-electron chi connectivity index (χ2n) is 7.74. The Bertz CT molecular complexity index is 672. The third-order valence-electron chi connectivity index (χ3n) is 6.29.